The smallest absolute Gasteiger partial charge is 0.326 e. The second kappa shape index (κ2) is 2.54. The molecule has 1 saturated carbocycles. The highest BCUT2D eigenvalue weighted by Gasteiger charge is 2.68. The number of hydrogen-bond donors (Lipinski definition) is 4. The van der Waals surface area contributed by atoms with Gasteiger partial charge in [0.05, 0.1) is 6.16 Å². The Morgan fingerprint density at radius 3 is 2.31 bits per heavy atom. The molecule has 0 radical (unpaired) electrons. The van der Waals surface area contributed by atoms with Gasteiger partial charge < -0.3 is 20.6 Å². The summed E-state index contributed by atoms with van der Waals surface area (Å²) in [5.74, 6) is -1.21. The van der Waals surface area contributed by atoms with Crippen LogP contribution in [0.3, 0.4) is 0 Å². The van der Waals surface area contributed by atoms with E-state index in [0.29, 0.717) is 0 Å². The minimum atomic E-state index is -4.19. The molecular formula is C6H12NO5P. The monoisotopic (exact) mass is 209 g/mol. The average molecular weight is 209 g/mol. The number of carbonyl (C=O) groups is 1. The molecule has 0 bridgehead atoms. The van der Waals surface area contributed by atoms with E-state index < -0.39 is 30.7 Å². The van der Waals surface area contributed by atoms with Gasteiger partial charge in [0.2, 0.25) is 0 Å². The van der Waals surface area contributed by atoms with E-state index in [-0.39, 0.29) is 6.42 Å². The Balaban J connectivity index is 2.76. The lowest BCUT2D eigenvalue weighted by Crippen LogP contribution is -2.39. The zero-order chi connectivity index (χ0) is 10.5. The van der Waals surface area contributed by atoms with Crippen LogP contribution in [0.15, 0.2) is 0 Å². The topological polar surface area (TPSA) is 121 Å². The van der Waals surface area contributed by atoms with Crippen molar-refractivity contribution in [3.63, 3.8) is 0 Å². The van der Waals surface area contributed by atoms with Crippen molar-refractivity contribution in [1.82, 2.24) is 0 Å². The molecule has 0 aromatic rings. The molecule has 0 aromatic carbocycles. The van der Waals surface area contributed by atoms with E-state index in [1.807, 2.05) is 0 Å². The van der Waals surface area contributed by atoms with Crippen LogP contribution in [0.4, 0.5) is 0 Å². The Morgan fingerprint density at radius 2 is 2.08 bits per heavy atom. The zero-order valence-corrected chi connectivity index (χ0v) is 7.99. The van der Waals surface area contributed by atoms with Gasteiger partial charge in [0.1, 0.15) is 5.54 Å². The van der Waals surface area contributed by atoms with Crippen molar-refractivity contribution in [2.45, 2.75) is 18.9 Å². The Kier molecular flexibility index (Phi) is 2.08. The first-order valence-electron chi connectivity index (χ1n) is 3.68. The van der Waals surface area contributed by atoms with E-state index >= 15 is 0 Å². The molecule has 6 nitrogen and oxygen atoms in total. The lowest BCUT2D eigenvalue weighted by Gasteiger charge is -2.15. The van der Waals surface area contributed by atoms with Crippen LogP contribution in [0.25, 0.3) is 0 Å². The summed E-state index contributed by atoms with van der Waals surface area (Å²) < 4.78 is 10.6. The van der Waals surface area contributed by atoms with Crippen LogP contribution in [-0.2, 0) is 9.36 Å². The van der Waals surface area contributed by atoms with Crippen LogP contribution in [0, 0.1) is 5.41 Å². The van der Waals surface area contributed by atoms with Crippen LogP contribution in [0.2, 0.25) is 0 Å². The van der Waals surface area contributed by atoms with Crippen molar-refractivity contribution in [3.8, 4) is 0 Å². The van der Waals surface area contributed by atoms with E-state index in [9.17, 15) is 9.36 Å². The lowest BCUT2D eigenvalue weighted by molar-refractivity contribution is -0.140. The van der Waals surface area contributed by atoms with Gasteiger partial charge in [0.25, 0.3) is 0 Å². The van der Waals surface area contributed by atoms with Crippen LogP contribution in [-0.4, -0.2) is 32.6 Å². The van der Waals surface area contributed by atoms with Gasteiger partial charge in [-0.15, -0.1) is 0 Å². The van der Waals surface area contributed by atoms with Crippen LogP contribution in [0.5, 0.6) is 0 Å². The van der Waals surface area contributed by atoms with Gasteiger partial charge in [-0.3, -0.25) is 9.36 Å². The van der Waals surface area contributed by atoms with Gasteiger partial charge in [-0.2, -0.15) is 0 Å². The second-order valence-corrected chi connectivity index (χ2v) is 5.48. The largest absolute Gasteiger partial charge is 0.480 e. The van der Waals surface area contributed by atoms with Gasteiger partial charge in [-0.1, -0.05) is 6.92 Å². The van der Waals surface area contributed by atoms with Crippen LogP contribution >= 0.6 is 7.60 Å². The first-order chi connectivity index (χ1) is 5.61. The predicted octanol–water partition coefficient (Wildman–Crippen LogP) is -0.644. The molecule has 0 aromatic heterocycles. The van der Waals surface area contributed by atoms with Gasteiger partial charge in [-0.05, 0) is 6.42 Å². The summed E-state index contributed by atoms with van der Waals surface area (Å²) in [6.45, 7) is 1.47. The molecule has 2 atom stereocenters. The Hall–Kier alpha value is -0.420. The molecule has 1 fully saturated rings. The Labute approximate surface area is 74.9 Å². The summed E-state index contributed by atoms with van der Waals surface area (Å²) in [6, 6.07) is 0. The molecule has 13 heavy (non-hydrogen) atoms. The minimum absolute atomic E-state index is 0.112. The predicted molar refractivity (Wildman–Crippen MR) is 44.2 cm³/mol. The van der Waals surface area contributed by atoms with Crippen molar-refractivity contribution in [3.05, 3.63) is 0 Å². The zero-order valence-electron chi connectivity index (χ0n) is 7.10. The van der Waals surface area contributed by atoms with Crippen molar-refractivity contribution in [1.29, 1.82) is 0 Å². The molecule has 0 spiro atoms. The fourth-order valence-corrected chi connectivity index (χ4v) is 2.86. The summed E-state index contributed by atoms with van der Waals surface area (Å²) in [5, 5.41) is 8.67. The van der Waals surface area contributed by atoms with E-state index in [0.717, 1.165) is 0 Å². The van der Waals surface area contributed by atoms with E-state index in [1.165, 1.54) is 6.92 Å². The van der Waals surface area contributed by atoms with Gasteiger partial charge in [0.15, 0.2) is 0 Å². The van der Waals surface area contributed by atoms with Crippen molar-refractivity contribution >= 4 is 13.6 Å². The fourth-order valence-electron chi connectivity index (χ4n) is 1.56. The SMILES string of the molecule is CC1(CP(=O)(O)O)CC1(N)C(=O)O. The molecule has 1 aliphatic rings. The highest BCUT2D eigenvalue weighted by atomic mass is 31.2. The third-order valence-electron chi connectivity index (χ3n) is 2.56. The standard InChI is InChI=1S/C6H12NO5P/c1-5(3-13(10,11)12)2-6(5,7)4(8)9/h2-3,7H2,1H3,(H,8,9)(H2,10,11,12). The number of aliphatic carboxylic acids is 1. The normalized spacial score (nSPS) is 38.8. The molecule has 2 unspecified atom stereocenters. The maximum Gasteiger partial charge on any atom is 0.326 e. The summed E-state index contributed by atoms with van der Waals surface area (Å²) >= 11 is 0. The molecule has 0 heterocycles. The third kappa shape index (κ3) is 1.76. The average Bonchev–Trinajstić information content (AvgIpc) is 2.30. The molecule has 7 heteroatoms. The maximum absolute atomic E-state index is 10.6. The van der Waals surface area contributed by atoms with Crippen molar-refractivity contribution in [2.24, 2.45) is 11.1 Å². The summed E-state index contributed by atoms with van der Waals surface area (Å²) in [6.07, 6.45) is -0.358. The third-order valence-corrected chi connectivity index (χ3v) is 3.67. The Morgan fingerprint density at radius 1 is 1.62 bits per heavy atom. The highest BCUT2D eigenvalue weighted by Crippen LogP contribution is 2.60. The first-order valence-corrected chi connectivity index (χ1v) is 5.47. The van der Waals surface area contributed by atoms with Crippen LogP contribution in [0.1, 0.15) is 13.3 Å². The molecule has 5 N–H and O–H groups in total. The molecule has 1 rings (SSSR count). The Bertz CT molecular complexity index is 299. The van der Waals surface area contributed by atoms with Gasteiger partial charge >= 0.3 is 13.6 Å². The van der Waals surface area contributed by atoms with E-state index in [1.54, 1.807) is 0 Å². The molecule has 0 aliphatic heterocycles. The number of carboxylic acid groups (broad SMARTS) is 1. The number of carboxylic acids is 1. The highest BCUT2D eigenvalue weighted by molar-refractivity contribution is 7.51. The van der Waals surface area contributed by atoms with Gasteiger partial charge in [0, 0.05) is 5.41 Å². The number of nitrogens with two attached hydrogens (primary N) is 1. The van der Waals surface area contributed by atoms with Gasteiger partial charge in [-0.25, -0.2) is 0 Å². The summed E-state index contributed by atoms with van der Waals surface area (Å²) in [7, 11) is -4.19. The quantitative estimate of drug-likeness (QED) is 0.458. The number of rotatable bonds is 3. The maximum atomic E-state index is 10.6. The summed E-state index contributed by atoms with van der Waals surface area (Å²) in [5.41, 5.74) is 2.99. The minimum Gasteiger partial charge on any atom is -0.480 e. The van der Waals surface area contributed by atoms with E-state index in [2.05, 4.69) is 0 Å². The van der Waals surface area contributed by atoms with Crippen molar-refractivity contribution in [2.75, 3.05) is 6.16 Å². The van der Waals surface area contributed by atoms with Crippen LogP contribution < -0.4 is 5.73 Å². The molecule has 1 aliphatic carbocycles. The molecule has 76 valence electrons. The molecule has 0 saturated heterocycles. The lowest BCUT2D eigenvalue weighted by atomic mass is 10.1. The molecule has 0 amide bonds. The van der Waals surface area contributed by atoms with Crippen molar-refractivity contribution < 1.29 is 24.3 Å². The second-order valence-electron chi connectivity index (χ2n) is 3.84. The van der Waals surface area contributed by atoms with E-state index in [4.69, 9.17) is 20.6 Å². The number of hydrogen-bond acceptors (Lipinski definition) is 3. The summed E-state index contributed by atoms with van der Waals surface area (Å²) in [4.78, 5) is 27.9. The fraction of sp³-hybridized carbons (Fsp3) is 0.833. The molecular weight excluding hydrogens is 197 g/mol. The first kappa shape index (κ1) is 10.7.